The lowest BCUT2D eigenvalue weighted by molar-refractivity contribution is -0.117. The summed E-state index contributed by atoms with van der Waals surface area (Å²) in [5, 5.41) is 14.0. The number of carbonyl (C=O) groups is 2. The minimum Gasteiger partial charge on any atom is -0.324 e. The fraction of sp³-hybridized carbons (Fsp3) is 0.200. The van der Waals surface area contributed by atoms with E-state index in [1.165, 1.54) is 4.68 Å². The number of nitrogens with one attached hydrogen (secondary N) is 2. The number of para-hydroxylation sites is 1. The Morgan fingerprint density at radius 3 is 2.46 bits per heavy atom. The number of nitrogens with zero attached hydrogens (tertiary/aromatic N) is 3. The zero-order chi connectivity index (χ0) is 20.3. The van der Waals surface area contributed by atoms with Crippen LogP contribution < -0.4 is 10.6 Å². The Labute approximate surface area is 167 Å². The van der Waals surface area contributed by atoms with E-state index < -0.39 is 5.91 Å². The number of hydrogen-bond donors (Lipinski definition) is 2. The highest BCUT2D eigenvalue weighted by Gasteiger charge is 2.19. The Kier molecular flexibility index (Phi) is 5.75. The van der Waals surface area contributed by atoms with Crippen molar-refractivity contribution < 1.29 is 9.59 Å². The van der Waals surface area contributed by atoms with Crippen LogP contribution in [0, 0.1) is 20.8 Å². The highest BCUT2D eigenvalue weighted by atomic mass is 35.5. The second kappa shape index (κ2) is 8.22. The first-order chi connectivity index (χ1) is 13.4. The maximum atomic E-state index is 12.6. The van der Waals surface area contributed by atoms with E-state index in [9.17, 15) is 9.59 Å². The third-order valence-electron chi connectivity index (χ3n) is 4.43. The van der Waals surface area contributed by atoms with E-state index in [0.29, 0.717) is 16.4 Å². The molecule has 0 unspecified atom stereocenters. The van der Waals surface area contributed by atoms with Gasteiger partial charge in [0.25, 0.3) is 5.91 Å². The van der Waals surface area contributed by atoms with E-state index in [-0.39, 0.29) is 18.1 Å². The van der Waals surface area contributed by atoms with Crippen LogP contribution in [0.25, 0.3) is 0 Å². The van der Waals surface area contributed by atoms with Crippen molar-refractivity contribution in [1.82, 2.24) is 15.0 Å². The number of carbonyl (C=O) groups excluding carboxylic acids is 2. The third-order valence-corrected chi connectivity index (χ3v) is 4.84. The lowest BCUT2D eigenvalue weighted by atomic mass is 10.2. The van der Waals surface area contributed by atoms with E-state index in [4.69, 9.17) is 11.6 Å². The van der Waals surface area contributed by atoms with E-state index in [0.717, 1.165) is 16.8 Å². The summed E-state index contributed by atoms with van der Waals surface area (Å²) < 4.78 is 1.40. The van der Waals surface area contributed by atoms with Crippen LogP contribution in [0.15, 0.2) is 42.5 Å². The molecule has 1 aromatic heterocycles. The van der Waals surface area contributed by atoms with Crippen LogP contribution in [0.2, 0.25) is 5.02 Å². The maximum absolute atomic E-state index is 12.6. The third kappa shape index (κ3) is 4.20. The molecule has 2 aromatic carbocycles. The molecule has 0 aliphatic carbocycles. The van der Waals surface area contributed by atoms with Gasteiger partial charge in [-0.2, -0.15) is 0 Å². The Morgan fingerprint density at radius 1 is 1.00 bits per heavy atom. The lowest BCUT2D eigenvalue weighted by Crippen LogP contribution is -2.21. The van der Waals surface area contributed by atoms with Crippen molar-refractivity contribution in [2.45, 2.75) is 27.3 Å². The largest absolute Gasteiger partial charge is 0.324 e. The summed E-state index contributed by atoms with van der Waals surface area (Å²) in [7, 11) is 0. The minimum absolute atomic E-state index is 0.0450. The molecule has 0 atom stereocenters. The van der Waals surface area contributed by atoms with Crippen molar-refractivity contribution in [3.63, 3.8) is 0 Å². The van der Waals surface area contributed by atoms with Gasteiger partial charge in [0.2, 0.25) is 5.91 Å². The Bertz CT molecular complexity index is 1040. The Balaban J connectivity index is 1.71. The molecule has 144 valence electrons. The molecule has 0 spiro atoms. The molecule has 0 saturated carbocycles. The molecule has 3 aromatic rings. The van der Waals surface area contributed by atoms with Crippen LogP contribution in [0.3, 0.4) is 0 Å². The number of aromatic nitrogens is 3. The molecule has 0 fully saturated rings. The molecular formula is C20H20ClN5O2. The summed E-state index contributed by atoms with van der Waals surface area (Å²) in [6, 6.07) is 12.8. The van der Waals surface area contributed by atoms with E-state index >= 15 is 0 Å². The number of anilines is 2. The van der Waals surface area contributed by atoms with Gasteiger partial charge in [0.05, 0.1) is 5.69 Å². The first-order valence-electron chi connectivity index (χ1n) is 8.69. The van der Waals surface area contributed by atoms with Gasteiger partial charge in [0.1, 0.15) is 6.54 Å². The monoisotopic (exact) mass is 397 g/mol. The highest BCUT2D eigenvalue weighted by Crippen LogP contribution is 2.23. The smallest absolute Gasteiger partial charge is 0.278 e. The van der Waals surface area contributed by atoms with Gasteiger partial charge < -0.3 is 10.6 Å². The van der Waals surface area contributed by atoms with Crippen LogP contribution in [-0.2, 0) is 11.3 Å². The summed E-state index contributed by atoms with van der Waals surface area (Å²) in [5.74, 6) is -0.659. The molecule has 0 aliphatic rings. The second-order valence-electron chi connectivity index (χ2n) is 6.41. The number of halogens is 1. The Hall–Kier alpha value is -3.19. The van der Waals surface area contributed by atoms with E-state index in [1.54, 1.807) is 25.1 Å². The standard InChI is InChI=1S/C20H20ClN5O2/c1-12-7-4-5-9-16(12)22-18(27)11-26-14(3)19(24-25-26)20(28)23-17-10-6-8-15(21)13(17)2/h4-10H,11H2,1-3H3,(H,22,27)(H,23,28). The molecule has 0 radical (unpaired) electrons. The molecule has 2 amide bonds. The van der Waals surface area contributed by atoms with Crippen molar-refractivity contribution >= 4 is 34.8 Å². The molecule has 7 nitrogen and oxygen atoms in total. The first kappa shape index (κ1) is 19.6. The van der Waals surface area contributed by atoms with Crippen LogP contribution in [0.4, 0.5) is 11.4 Å². The predicted octanol–water partition coefficient (Wildman–Crippen LogP) is 3.75. The molecule has 8 heteroatoms. The average Bonchev–Trinajstić information content (AvgIpc) is 3.01. The fourth-order valence-electron chi connectivity index (χ4n) is 2.68. The van der Waals surface area contributed by atoms with E-state index in [2.05, 4.69) is 20.9 Å². The number of benzene rings is 2. The summed E-state index contributed by atoms with van der Waals surface area (Å²) in [4.78, 5) is 24.9. The van der Waals surface area contributed by atoms with Crippen molar-refractivity contribution in [2.24, 2.45) is 0 Å². The molecule has 28 heavy (non-hydrogen) atoms. The van der Waals surface area contributed by atoms with Gasteiger partial charge in [0, 0.05) is 16.4 Å². The Morgan fingerprint density at radius 2 is 1.71 bits per heavy atom. The summed E-state index contributed by atoms with van der Waals surface area (Å²) in [5.41, 5.74) is 3.71. The van der Waals surface area contributed by atoms with Gasteiger partial charge in [-0.25, -0.2) is 4.68 Å². The van der Waals surface area contributed by atoms with Crippen LogP contribution >= 0.6 is 11.6 Å². The van der Waals surface area contributed by atoms with Crippen molar-refractivity contribution in [2.75, 3.05) is 10.6 Å². The normalized spacial score (nSPS) is 10.6. The highest BCUT2D eigenvalue weighted by molar-refractivity contribution is 6.31. The van der Waals surface area contributed by atoms with Crippen molar-refractivity contribution in [3.05, 3.63) is 70.0 Å². The van der Waals surface area contributed by atoms with Gasteiger partial charge in [-0.15, -0.1) is 5.10 Å². The van der Waals surface area contributed by atoms with Crippen LogP contribution in [-0.4, -0.2) is 26.8 Å². The van der Waals surface area contributed by atoms with Gasteiger partial charge in [-0.1, -0.05) is 41.1 Å². The zero-order valence-electron chi connectivity index (χ0n) is 15.8. The molecule has 2 N–H and O–H groups in total. The summed E-state index contributed by atoms with van der Waals surface area (Å²) in [6.07, 6.45) is 0. The van der Waals surface area contributed by atoms with Crippen LogP contribution in [0.1, 0.15) is 27.3 Å². The summed E-state index contributed by atoms with van der Waals surface area (Å²) in [6.45, 7) is 5.38. The number of hydrogen-bond acceptors (Lipinski definition) is 4. The molecule has 0 aliphatic heterocycles. The quantitative estimate of drug-likeness (QED) is 0.686. The van der Waals surface area contributed by atoms with Crippen molar-refractivity contribution in [3.8, 4) is 0 Å². The van der Waals surface area contributed by atoms with Gasteiger partial charge in [0.15, 0.2) is 5.69 Å². The van der Waals surface area contributed by atoms with Gasteiger partial charge in [-0.05, 0) is 50.1 Å². The molecule has 1 heterocycles. The first-order valence-corrected chi connectivity index (χ1v) is 9.06. The topological polar surface area (TPSA) is 88.9 Å². The van der Waals surface area contributed by atoms with Crippen molar-refractivity contribution in [1.29, 1.82) is 0 Å². The lowest BCUT2D eigenvalue weighted by Gasteiger charge is -2.09. The fourth-order valence-corrected chi connectivity index (χ4v) is 2.86. The minimum atomic E-state index is -0.409. The molecular weight excluding hydrogens is 378 g/mol. The van der Waals surface area contributed by atoms with E-state index in [1.807, 2.05) is 38.1 Å². The average molecular weight is 398 g/mol. The second-order valence-corrected chi connectivity index (χ2v) is 6.82. The van der Waals surface area contributed by atoms with Crippen LogP contribution in [0.5, 0.6) is 0 Å². The summed E-state index contributed by atoms with van der Waals surface area (Å²) >= 11 is 6.09. The maximum Gasteiger partial charge on any atom is 0.278 e. The van der Waals surface area contributed by atoms with Gasteiger partial charge >= 0.3 is 0 Å². The zero-order valence-corrected chi connectivity index (χ0v) is 16.5. The SMILES string of the molecule is Cc1ccccc1NC(=O)Cn1nnc(C(=O)Nc2cccc(Cl)c2C)c1C. The predicted molar refractivity (Wildman–Crippen MR) is 109 cm³/mol. The molecule has 0 bridgehead atoms. The number of aryl methyl sites for hydroxylation is 1. The number of rotatable bonds is 5. The molecule has 0 saturated heterocycles. The molecule has 3 rings (SSSR count). The number of amides is 2. The van der Waals surface area contributed by atoms with Gasteiger partial charge in [-0.3, -0.25) is 9.59 Å².